The monoisotopic (exact) mass is 764 g/mol. The van der Waals surface area contributed by atoms with Crippen LogP contribution in [0.2, 0.25) is 0 Å². The lowest BCUT2D eigenvalue weighted by Crippen LogP contribution is -2.60. The quantitative estimate of drug-likeness (QED) is 0.0230. The third-order valence-electron chi connectivity index (χ3n) is 9.35. The highest BCUT2D eigenvalue weighted by atomic mass is 32.2. The van der Waals surface area contributed by atoms with Crippen LogP contribution in [0.5, 0.6) is 0 Å². The molecule has 1 fully saturated rings. The van der Waals surface area contributed by atoms with Crippen LogP contribution in [0.15, 0.2) is 12.2 Å². The van der Waals surface area contributed by atoms with Crippen LogP contribution < -0.4 is 0 Å². The van der Waals surface area contributed by atoms with Gasteiger partial charge in [0.25, 0.3) is 10.1 Å². The van der Waals surface area contributed by atoms with E-state index < -0.39 is 71.2 Å². The molecule has 0 aromatic rings. The Hall–Kier alpha value is -1.61. The molecule has 4 N–H and O–H groups in total. The molecule has 1 aliphatic heterocycles. The molecule has 2 unspecified atom stereocenters. The van der Waals surface area contributed by atoms with E-state index in [1.165, 1.54) is 70.6 Å². The zero-order valence-corrected chi connectivity index (χ0v) is 33.0. The maximum absolute atomic E-state index is 12.7. The first-order valence-electron chi connectivity index (χ1n) is 20.2. The Bertz CT molecular complexity index is 1040. The van der Waals surface area contributed by atoms with Crippen molar-refractivity contribution < 1.29 is 56.8 Å². The molecular formula is C39H72O12S. The van der Waals surface area contributed by atoms with Gasteiger partial charge in [-0.05, 0) is 38.5 Å². The Kier molecular flexibility index (Phi) is 28.6. The fourth-order valence-corrected chi connectivity index (χ4v) is 6.83. The normalized spacial score (nSPS) is 21.4. The van der Waals surface area contributed by atoms with E-state index in [0.717, 1.165) is 57.8 Å². The molecule has 0 aromatic heterocycles. The molecule has 1 saturated heterocycles. The van der Waals surface area contributed by atoms with E-state index >= 15 is 0 Å². The number of aliphatic hydroxyl groups excluding tert-OH is 3. The van der Waals surface area contributed by atoms with Crippen molar-refractivity contribution in [2.75, 3.05) is 19.0 Å². The van der Waals surface area contributed by atoms with Gasteiger partial charge in [-0.25, -0.2) is 0 Å². The number of unbranched alkanes of at least 4 members (excludes halogenated alkanes) is 19. The maximum Gasteiger partial charge on any atom is 0.306 e. The maximum atomic E-state index is 12.7. The lowest BCUT2D eigenvalue weighted by molar-refractivity contribution is -0.297. The molecule has 0 saturated carbocycles. The van der Waals surface area contributed by atoms with Crippen LogP contribution in [0.4, 0.5) is 0 Å². The van der Waals surface area contributed by atoms with Gasteiger partial charge in [-0.1, -0.05) is 129 Å². The Morgan fingerprint density at radius 1 is 0.635 bits per heavy atom. The Balaban J connectivity index is 2.51. The molecule has 1 aliphatic rings. The van der Waals surface area contributed by atoms with E-state index in [-0.39, 0.29) is 19.4 Å². The predicted octanol–water partition coefficient (Wildman–Crippen LogP) is 7.11. The van der Waals surface area contributed by atoms with Crippen LogP contribution in [-0.2, 0) is 38.7 Å². The average Bonchev–Trinajstić information content (AvgIpc) is 3.10. The lowest BCUT2D eigenvalue weighted by atomic mass is 10.00. The third-order valence-corrected chi connectivity index (χ3v) is 10.1. The number of hydrogen-bond acceptors (Lipinski definition) is 11. The van der Waals surface area contributed by atoms with Crippen LogP contribution in [0.25, 0.3) is 0 Å². The standard InChI is InChI=1S/C39H72O12S/c1-3-5-7-9-11-13-15-16-17-18-20-22-24-26-28-35(41)50-32(29-48-34(40)27-25-23-21-19-14-12-10-8-6-4-2)30-49-39-38(44)37(43)36(42)33(51-39)31-52(45,46)47/h15-16,32-33,36-39,42-44H,3-14,17-31H2,1-2H3,(H,45,46,47)/b16-15+/t32-,33-,36-,37?,38?,39+/m1/s1. The second-order valence-electron chi connectivity index (χ2n) is 14.3. The number of allylic oxidation sites excluding steroid dienone is 2. The fourth-order valence-electron chi connectivity index (χ4n) is 6.14. The van der Waals surface area contributed by atoms with Crippen molar-refractivity contribution in [1.29, 1.82) is 0 Å². The van der Waals surface area contributed by atoms with Crippen LogP contribution in [0.3, 0.4) is 0 Å². The number of carbonyl (C=O) groups excluding carboxylic acids is 2. The molecular weight excluding hydrogens is 692 g/mol. The average molecular weight is 765 g/mol. The Morgan fingerprint density at radius 3 is 1.60 bits per heavy atom. The molecule has 0 radical (unpaired) electrons. The molecule has 6 atom stereocenters. The fraction of sp³-hybridized carbons (Fsp3) is 0.897. The molecule has 306 valence electrons. The van der Waals surface area contributed by atoms with Crippen molar-refractivity contribution >= 4 is 22.1 Å². The van der Waals surface area contributed by atoms with Gasteiger partial charge in [0.2, 0.25) is 0 Å². The summed E-state index contributed by atoms with van der Waals surface area (Å²) in [5.74, 6) is -1.99. The molecule has 0 amide bonds. The smallest absolute Gasteiger partial charge is 0.306 e. The molecule has 52 heavy (non-hydrogen) atoms. The summed E-state index contributed by atoms with van der Waals surface area (Å²) >= 11 is 0. The Morgan fingerprint density at radius 2 is 1.10 bits per heavy atom. The summed E-state index contributed by atoms with van der Waals surface area (Å²) in [6.45, 7) is 3.71. The number of rotatable bonds is 33. The zero-order chi connectivity index (χ0) is 38.5. The molecule has 0 spiro atoms. The summed E-state index contributed by atoms with van der Waals surface area (Å²) in [4.78, 5) is 25.2. The highest BCUT2D eigenvalue weighted by Crippen LogP contribution is 2.24. The second-order valence-corrected chi connectivity index (χ2v) is 15.8. The van der Waals surface area contributed by atoms with Gasteiger partial charge in [-0.15, -0.1) is 0 Å². The van der Waals surface area contributed by atoms with Crippen molar-refractivity contribution in [3.63, 3.8) is 0 Å². The van der Waals surface area contributed by atoms with E-state index in [0.29, 0.717) is 12.8 Å². The molecule has 0 aromatic carbocycles. The number of carbonyl (C=O) groups is 2. The van der Waals surface area contributed by atoms with Gasteiger partial charge in [0.1, 0.15) is 36.8 Å². The number of hydrogen-bond donors (Lipinski definition) is 4. The van der Waals surface area contributed by atoms with Crippen LogP contribution >= 0.6 is 0 Å². The van der Waals surface area contributed by atoms with Gasteiger partial charge in [0.15, 0.2) is 12.4 Å². The SMILES string of the molecule is CCCCCCC/C=C/CCCCCCCC(=O)O[C@H](COC(=O)CCCCCCCCCCCC)CO[C@H]1O[C@H](CS(=O)(=O)O)[C@@H](O)C(O)C1O. The summed E-state index contributed by atoms with van der Waals surface area (Å²) in [6.07, 6.45) is 19.9. The van der Waals surface area contributed by atoms with Gasteiger partial charge in [-0.2, -0.15) is 8.42 Å². The molecule has 13 heteroatoms. The number of esters is 2. The van der Waals surface area contributed by atoms with Crippen LogP contribution in [-0.4, -0.2) is 96.0 Å². The van der Waals surface area contributed by atoms with Gasteiger partial charge < -0.3 is 34.3 Å². The van der Waals surface area contributed by atoms with E-state index in [9.17, 15) is 37.9 Å². The summed E-state index contributed by atoms with van der Waals surface area (Å²) < 4.78 is 53.8. The van der Waals surface area contributed by atoms with Crippen molar-refractivity contribution in [3.05, 3.63) is 12.2 Å². The zero-order valence-electron chi connectivity index (χ0n) is 32.2. The number of ether oxygens (including phenoxy) is 4. The van der Waals surface area contributed by atoms with Gasteiger partial charge in [0.05, 0.1) is 6.61 Å². The lowest BCUT2D eigenvalue weighted by Gasteiger charge is -2.40. The first kappa shape index (κ1) is 48.4. The first-order chi connectivity index (χ1) is 25.0. The highest BCUT2D eigenvalue weighted by Gasteiger charge is 2.46. The Labute approximate surface area is 314 Å². The summed E-state index contributed by atoms with van der Waals surface area (Å²) in [5, 5.41) is 30.7. The first-order valence-corrected chi connectivity index (χ1v) is 21.9. The van der Waals surface area contributed by atoms with Crippen LogP contribution in [0.1, 0.15) is 168 Å². The van der Waals surface area contributed by atoms with E-state index in [4.69, 9.17) is 18.9 Å². The van der Waals surface area contributed by atoms with Gasteiger partial charge in [0, 0.05) is 12.8 Å². The van der Waals surface area contributed by atoms with E-state index in [2.05, 4.69) is 26.0 Å². The predicted molar refractivity (Wildman–Crippen MR) is 201 cm³/mol. The van der Waals surface area contributed by atoms with Crippen molar-refractivity contribution in [2.24, 2.45) is 0 Å². The summed E-state index contributed by atoms with van der Waals surface area (Å²) in [5.41, 5.74) is 0. The highest BCUT2D eigenvalue weighted by molar-refractivity contribution is 7.85. The summed E-state index contributed by atoms with van der Waals surface area (Å²) in [7, 11) is -4.59. The molecule has 0 aliphatic carbocycles. The van der Waals surface area contributed by atoms with Gasteiger partial charge >= 0.3 is 11.9 Å². The van der Waals surface area contributed by atoms with Crippen LogP contribution in [0, 0.1) is 0 Å². The van der Waals surface area contributed by atoms with Gasteiger partial charge in [-0.3, -0.25) is 14.1 Å². The molecule has 12 nitrogen and oxygen atoms in total. The van der Waals surface area contributed by atoms with E-state index in [1.54, 1.807) is 0 Å². The minimum absolute atomic E-state index is 0.158. The minimum atomic E-state index is -4.59. The van der Waals surface area contributed by atoms with Crippen molar-refractivity contribution in [1.82, 2.24) is 0 Å². The molecule has 1 rings (SSSR count). The van der Waals surface area contributed by atoms with Crippen molar-refractivity contribution in [2.45, 2.75) is 205 Å². The second kappa shape index (κ2) is 30.7. The largest absolute Gasteiger partial charge is 0.462 e. The molecule has 1 heterocycles. The number of aliphatic hydroxyl groups is 3. The van der Waals surface area contributed by atoms with Crippen molar-refractivity contribution in [3.8, 4) is 0 Å². The minimum Gasteiger partial charge on any atom is -0.462 e. The topological polar surface area (TPSA) is 186 Å². The third kappa shape index (κ3) is 25.4. The van der Waals surface area contributed by atoms with E-state index in [1.807, 2.05) is 0 Å². The summed E-state index contributed by atoms with van der Waals surface area (Å²) in [6, 6.07) is 0. The molecule has 0 bridgehead atoms.